The van der Waals surface area contributed by atoms with Crippen LogP contribution in [0.2, 0.25) is 0 Å². The van der Waals surface area contributed by atoms with Crippen molar-refractivity contribution in [2.75, 3.05) is 0 Å². The third-order valence-corrected chi connectivity index (χ3v) is 5.76. The molecule has 29 heavy (non-hydrogen) atoms. The fraction of sp³-hybridized carbons (Fsp3) is 0.273. The zero-order valence-corrected chi connectivity index (χ0v) is 17.5. The van der Waals surface area contributed by atoms with E-state index >= 15 is 0 Å². The number of benzene rings is 2. The summed E-state index contributed by atoms with van der Waals surface area (Å²) in [4.78, 5) is 29.2. The van der Waals surface area contributed by atoms with Crippen molar-refractivity contribution in [3.8, 4) is 11.3 Å². The summed E-state index contributed by atoms with van der Waals surface area (Å²) in [5, 5.41) is 10.8. The summed E-state index contributed by atoms with van der Waals surface area (Å²) in [7, 11) is 0. The average Bonchev–Trinajstić information content (AvgIpc) is 3.05. The number of rotatable bonds is 6. The standard InChI is InChI=1S/C22H23N3O3S/c1-4-6-19-20(16-9-7-15(3)8-10-16)24(5-2)22(29-19)23-21(26)17-11-13-18(14-12-17)25(27)28/h7-14H,4-6H2,1-3H3. The highest BCUT2D eigenvalue weighted by molar-refractivity contribution is 7.09. The molecule has 7 heteroatoms. The van der Waals surface area contributed by atoms with Gasteiger partial charge in [0.15, 0.2) is 4.80 Å². The lowest BCUT2D eigenvalue weighted by Crippen LogP contribution is -2.17. The molecule has 1 heterocycles. The van der Waals surface area contributed by atoms with Crippen molar-refractivity contribution in [1.82, 2.24) is 4.57 Å². The van der Waals surface area contributed by atoms with Gasteiger partial charge in [-0.1, -0.05) is 43.2 Å². The van der Waals surface area contributed by atoms with E-state index in [2.05, 4.69) is 47.7 Å². The lowest BCUT2D eigenvalue weighted by molar-refractivity contribution is -0.384. The van der Waals surface area contributed by atoms with E-state index in [9.17, 15) is 14.9 Å². The van der Waals surface area contributed by atoms with E-state index in [1.54, 1.807) is 0 Å². The highest BCUT2D eigenvalue weighted by atomic mass is 32.1. The zero-order chi connectivity index (χ0) is 21.0. The van der Waals surface area contributed by atoms with Crippen molar-refractivity contribution in [1.29, 1.82) is 0 Å². The van der Waals surface area contributed by atoms with E-state index in [0.29, 0.717) is 16.9 Å². The molecule has 0 spiro atoms. The molecule has 0 aliphatic carbocycles. The van der Waals surface area contributed by atoms with Crippen LogP contribution in [0.5, 0.6) is 0 Å². The highest BCUT2D eigenvalue weighted by Gasteiger charge is 2.16. The van der Waals surface area contributed by atoms with Gasteiger partial charge in [0, 0.05) is 29.1 Å². The minimum Gasteiger partial charge on any atom is -0.316 e. The molecular weight excluding hydrogens is 386 g/mol. The van der Waals surface area contributed by atoms with Crippen LogP contribution in [0.15, 0.2) is 53.5 Å². The Hall–Kier alpha value is -3.06. The second kappa shape index (κ2) is 8.96. The lowest BCUT2D eigenvalue weighted by Gasteiger charge is -2.09. The molecule has 0 aliphatic heterocycles. The largest absolute Gasteiger partial charge is 0.316 e. The van der Waals surface area contributed by atoms with Gasteiger partial charge in [0.1, 0.15) is 0 Å². The van der Waals surface area contributed by atoms with Gasteiger partial charge in [-0.25, -0.2) is 0 Å². The number of non-ortho nitro benzene ring substituents is 1. The maximum atomic E-state index is 12.7. The van der Waals surface area contributed by atoms with Crippen LogP contribution in [0.3, 0.4) is 0 Å². The Bertz CT molecular complexity index is 1090. The minimum absolute atomic E-state index is 0.0480. The molecule has 2 aromatic carbocycles. The molecule has 150 valence electrons. The third kappa shape index (κ3) is 4.51. The van der Waals surface area contributed by atoms with Crippen LogP contribution in [0.25, 0.3) is 11.3 Å². The summed E-state index contributed by atoms with van der Waals surface area (Å²) in [5.41, 5.74) is 3.70. The quantitative estimate of drug-likeness (QED) is 0.417. The lowest BCUT2D eigenvalue weighted by atomic mass is 10.1. The van der Waals surface area contributed by atoms with Crippen molar-refractivity contribution >= 4 is 22.9 Å². The van der Waals surface area contributed by atoms with E-state index in [-0.39, 0.29) is 5.69 Å². The Morgan fingerprint density at radius 1 is 1.10 bits per heavy atom. The molecule has 0 saturated carbocycles. The molecule has 0 N–H and O–H groups in total. The molecular formula is C22H23N3O3S. The fourth-order valence-electron chi connectivity index (χ4n) is 3.14. The second-order valence-electron chi connectivity index (χ2n) is 6.74. The number of amides is 1. The average molecular weight is 410 g/mol. The van der Waals surface area contributed by atoms with E-state index in [4.69, 9.17) is 0 Å². The normalized spacial score (nSPS) is 11.6. The molecule has 0 fully saturated rings. The number of hydrogen-bond donors (Lipinski definition) is 0. The Balaban J connectivity index is 2.08. The van der Waals surface area contributed by atoms with Gasteiger partial charge in [-0.05, 0) is 38.0 Å². The molecule has 3 aromatic rings. The summed E-state index contributed by atoms with van der Waals surface area (Å²) >= 11 is 1.53. The SMILES string of the molecule is CCCc1sc(=NC(=O)c2ccc([N+](=O)[O-])cc2)n(CC)c1-c1ccc(C)cc1. The summed E-state index contributed by atoms with van der Waals surface area (Å²) in [6.07, 6.45) is 1.91. The first-order valence-electron chi connectivity index (χ1n) is 9.57. The van der Waals surface area contributed by atoms with Gasteiger partial charge in [0.2, 0.25) is 0 Å². The summed E-state index contributed by atoms with van der Waals surface area (Å²) in [5.74, 6) is -0.401. The molecule has 0 atom stereocenters. The van der Waals surface area contributed by atoms with Crippen LogP contribution >= 0.6 is 11.3 Å². The molecule has 0 unspecified atom stereocenters. The maximum absolute atomic E-state index is 12.7. The molecule has 1 aromatic heterocycles. The monoisotopic (exact) mass is 409 g/mol. The van der Waals surface area contributed by atoms with Crippen molar-refractivity contribution in [2.45, 2.75) is 40.2 Å². The Kier molecular flexibility index (Phi) is 6.39. The van der Waals surface area contributed by atoms with Crippen LogP contribution in [-0.2, 0) is 13.0 Å². The Morgan fingerprint density at radius 2 is 1.76 bits per heavy atom. The van der Waals surface area contributed by atoms with Crippen molar-refractivity contribution in [3.05, 3.63) is 79.5 Å². The number of aromatic nitrogens is 1. The number of nitrogens with zero attached hydrogens (tertiary/aromatic N) is 3. The number of aryl methyl sites for hydroxylation is 2. The van der Waals surface area contributed by atoms with Crippen molar-refractivity contribution in [3.63, 3.8) is 0 Å². The van der Waals surface area contributed by atoms with Gasteiger partial charge in [-0.3, -0.25) is 14.9 Å². The van der Waals surface area contributed by atoms with E-state index < -0.39 is 10.8 Å². The Morgan fingerprint density at radius 3 is 2.31 bits per heavy atom. The van der Waals surface area contributed by atoms with Crippen molar-refractivity contribution < 1.29 is 9.72 Å². The van der Waals surface area contributed by atoms with Crippen LogP contribution in [0.4, 0.5) is 5.69 Å². The number of hydrogen-bond acceptors (Lipinski definition) is 4. The molecule has 0 saturated heterocycles. The smallest absolute Gasteiger partial charge is 0.279 e. The summed E-state index contributed by atoms with van der Waals surface area (Å²) in [6, 6.07) is 13.9. The second-order valence-corrected chi connectivity index (χ2v) is 7.80. The number of nitro groups is 1. The minimum atomic E-state index is -0.486. The van der Waals surface area contributed by atoms with Gasteiger partial charge >= 0.3 is 0 Å². The van der Waals surface area contributed by atoms with Gasteiger partial charge < -0.3 is 4.57 Å². The predicted octanol–water partition coefficient (Wildman–Crippen LogP) is 5.15. The summed E-state index contributed by atoms with van der Waals surface area (Å²) in [6.45, 7) is 6.92. The van der Waals surface area contributed by atoms with Gasteiger partial charge in [0.05, 0.1) is 10.6 Å². The third-order valence-electron chi connectivity index (χ3n) is 4.62. The first kappa shape index (κ1) is 20.7. The van der Waals surface area contributed by atoms with Crippen molar-refractivity contribution in [2.24, 2.45) is 4.99 Å². The first-order valence-corrected chi connectivity index (χ1v) is 10.4. The van der Waals surface area contributed by atoms with Crippen LogP contribution in [0.1, 0.15) is 41.1 Å². The molecule has 0 radical (unpaired) electrons. The molecule has 6 nitrogen and oxygen atoms in total. The van der Waals surface area contributed by atoms with E-state index in [0.717, 1.165) is 24.1 Å². The number of nitro benzene ring substituents is 1. The predicted molar refractivity (Wildman–Crippen MR) is 115 cm³/mol. The molecule has 0 aliphatic rings. The zero-order valence-electron chi connectivity index (χ0n) is 16.7. The molecule has 1 amide bonds. The Labute approximate surface area is 173 Å². The van der Waals surface area contributed by atoms with Crippen LogP contribution < -0.4 is 4.80 Å². The number of carbonyl (C=O) groups is 1. The highest BCUT2D eigenvalue weighted by Crippen LogP contribution is 2.27. The van der Waals surface area contributed by atoms with E-state index in [1.165, 1.54) is 46.0 Å². The molecule has 3 rings (SSSR count). The topological polar surface area (TPSA) is 77.5 Å². The van der Waals surface area contributed by atoms with Gasteiger partial charge in [0.25, 0.3) is 11.6 Å². The van der Waals surface area contributed by atoms with Crippen LogP contribution in [0, 0.1) is 17.0 Å². The van der Waals surface area contributed by atoms with Gasteiger partial charge in [-0.15, -0.1) is 11.3 Å². The molecule has 0 bridgehead atoms. The number of thiazole rings is 1. The first-order chi connectivity index (χ1) is 13.9. The van der Waals surface area contributed by atoms with E-state index in [1.807, 2.05) is 6.92 Å². The number of carbonyl (C=O) groups excluding carboxylic acids is 1. The van der Waals surface area contributed by atoms with Gasteiger partial charge in [-0.2, -0.15) is 4.99 Å². The van der Waals surface area contributed by atoms with Crippen LogP contribution in [-0.4, -0.2) is 15.4 Å². The fourth-order valence-corrected chi connectivity index (χ4v) is 4.45. The maximum Gasteiger partial charge on any atom is 0.279 e. The summed E-state index contributed by atoms with van der Waals surface area (Å²) < 4.78 is 2.07.